The number of amides is 1. The Balaban J connectivity index is 2.77. The van der Waals surface area contributed by atoms with E-state index in [-0.39, 0.29) is 12.1 Å². The maximum absolute atomic E-state index is 12.7. The molecule has 0 unspecified atom stereocenters. The maximum Gasteiger partial charge on any atom is 0.417 e. The lowest BCUT2D eigenvalue weighted by Crippen LogP contribution is -2.13. The zero-order valence-corrected chi connectivity index (χ0v) is 9.92. The topological polar surface area (TPSA) is 78.9 Å². The summed E-state index contributed by atoms with van der Waals surface area (Å²) in [5.74, 6) is -0.461. The Morgan fingerprint density at radius 2 is 2.11 bits per heavy atom. The van der Waals surface area contributed by atoms with E-state index in [1.165, 1.54) is 12.1 Å². The zero-order valence-electron chi connectivity index (χ0n) is 9.92. The second-order valence-corrected chi connectivity index (χ2v) is 3.87. The van der Waals surface area contributed by atoms with Crippen LogP contribution in [0.25, 0.3) is 0 Å². The van der Waals surface area contributed by atoms with Gasteiger partial charge in [-0.15, -0.1) is 0 Å². The summed E-state index contributed by atoms with van der Waals surface area (Å²) in [6.45, 7) is 0.326. The van der Waals surface area contributed by atoms with Crippen LogP contribution in [0, 0.1) is 11.3 Å². The lowest BCUT2D eigenvalue weighted by Gasteiger charge is -2.12. The molecule has 1 rings (SSSR count). The van der Waals surface area contributed by atoms with E-state index < -0.39 is 23.2 Å². The molecule has 0 aliphatic carbocycles. The van der Waals surface area contributed by atoms with Crippen molar-refractivity contribution in [1.82, 2.24) is 0 Å². The zero-order chi connectivity index (χ0) is 14.5. The number of benzene rings is 1. The van der Waals surface area contributed by atoms with Gasteiger partial charge in [-0.2, -0.15) is 18.4 Å². The molecule has 7 heteroatoms. The average Bonchev–Trinajstić information content (AvgIpc) is 2.33. The van der Waals surface area contributed by atoms with Gasteiger partial charge in [-0.05, 0) is 24.6 Å². The van der Waals surface area contributed by atoms with E-state index in [1.54, 1.807) is 0 Å². The van der Waals surface area contributed by atoms with Crippen molar-refractivity contribution < 1.29 is 18.0 Å². The van der Waals surface area contributed by atoms with Crippen LogP contribution in [0.4, 0.5) is 18.9 Å². The Labute approximate surface area is 108 Å². The van der Waals surface area contributed by atoms with Crippen LogP contribution >= 0.6 is 0 Å². The molecule has 0 radical (unpaired) electrons. The van der Waals surface area contributed by atoms with E-state index in [1.807, 2.05) is 0 Å². The second-order valence-electron chi connectivity index (χ2n) is 3.87. The highest BCUT2D eigenvalue weighted by Crippen LogP contribution is 2.33. The van der Waals surface area contributed by atoms with Crippen LogP contribution in [-0.2, 0) is 11.0 Å². The van der Waals surface area contributed by atoms with Crippen molar-refractivity contribution in [3.63, 3.8) is 0 Å². The number of halogens is 3. The molecule has 19 heavy (non-hydrogen) atoms. The largest absolute Gasteiger partial charge is 0.417 e. The van der Waals surface area contributed by atoms with Crippen LogP contribution in [0.15, 0.2) is 18.2 Å². The van der Waals surface area contributed by atoms with Crippen molar-refractivity contribution in [2.45, 2.75) is 19.0 Å². The molecule has 0 saturated carbocycles. The molecule has 0 spiro atoms. The van der Waals surface area contributed by atoms with Crippen molar-refractivity contribution in [1.29, 1.82) is 5.26 Å². The van der Waals surface area contributed by atoms with Gasteiger partial charge in [0, 0.05) is 18.7 Å². The number of hydrogen-bond acceptors (Lipinski definition) is 3. The van der Waals surface area contributed by atoms with Gasteiger partial charge in [-0.3, -0.25) is 4.79 Å². The summed E-state index contributed by atoms with van der Waals surface area (Å²) in [7, 11) is 0. The maximum atomic E-state index is 12.7. The number of carbonyl (C=O) groups is 1. The van der Waals surface area contributed by atoms with E-state index in [0.717, 1.165) is 12.1 Å². The Bertz CT molecular complexity index is 506. The number of hydrogen-bond donors (Lipinski definition) is 2. The molecule has 1 amide bonds. The molecule has 3 N–H and O–H groups in total. The van der Waals surface area contributed by atoms with E-state index in [2.05, 4.69) is 5.32 Å². The van der Waals surface area contributed by atoms with E-state index >= 15 is 0 Å². The van der Waals surface area contributed by atoms with Gasteiger partial charge in [0.1, 0.15) is 0 Å². The van der Waals surface area contributed by atoms with Crippen LogP contribution in [0.3, 0.4) is 0 Å². The smallest absolute Gasteiger partial charge is 0.385 e. The quantitative estimate of drug-likeness (QED) is 0.806. The fourth-order valence-corrected chi connectivity index (χ4v) is 1.48. The first-order valence-corrected chi connectivity index (χ1v) is 5.48. The highest BCUT2D eigenvalue weighted by atomic mass is 19.4. The summed E-state index contributed by atoms with van der Waals surface area (Å²) in [5, 5.41) is 11.4. The predicted molar refractivity (Wildman–Crippen MR) is 63.1 cm³/mol. The minimum atomic E-state index is -4.57. The van der Waals surface area contributed by atoms with Crippen LogP contribution < -0.4 is 11.1 Å². The molecular formula is C12H12F3N3O. The first kappa shape index (κ1) is 14.8. The minimum Gasteiger partial charge on any atom is -0.385 e. The van der Waals surface area contributed by atoms with Gasteiger partial charge in [-0.25, -0.2) is 0 Å². The number of nitrogens with two attached hydrogens (primary N) is 1. The first-order chi connectivity index (χ1) is 8.84. The monoisotopic (exact) mass is 271 g/mol. The van der Waals surface area contributed by atoms with E-state index in [9.17, 15) is 18.0 Å². The van der Waals surface area contributed by atoms with E-state index in [0.29, 0.717) is 13.0 Å². The summed E-state index contributed by atoms with van der Waals surface area (Å²) < 4.78 is 38.0. The Hall–Kier alpha value is -2.23. The van der Waals surface area contributed by atoms with Crippen LogP contribution in [0.2, 0.25) is 0 Å². The average molecular weight is 271 g/mol. The lowest BCUT2D eigenvalue weighted by molar-refractivity contribution is -0.137. The standard InChI is InChI=1S/C12H12F3N3O/c13-12(14,15)10-6-9(4-3-8(10)7-16)18-5-1-2-11(17)19/h3-4,6,18H,1-2,5H2,(H2,17,19). The van der Waals surface area contributed by atoms with Crippen molar-refractivity contribution in [2.24, 2.45) is 5.73 Å². The number of rotatable bonds is 5. The van der Waals surface area contributed by atoms with Crippen molar-refractivity contribution in [3.05, 3.63) is 29.3 Å². The molecule has 4 nitrogen and oxygen atoms in total. The molecule has 102 valence electrons. The van der Waals surface area contributed by atoms with Crippen molar-refractivity contribution >= 4 is 11.6 Å². The van der Waals surface area contributed by atoms with Crippen molar-refractivity contribution in [3.8, 4) is 6.07 Å². The summed E-state index contributed by atoms with van der Waals surface area (Å²) in [6.07, 6.45) is -3.98. The molecule has 1 aromatic carbocycles. The van der Waals surface area contributed by atoms with Gasteiger partial charge in [0.2, 0.25) is 5.91 Å². The fourth-order valence-electron chi connectivity index (χ4n) is 1.48. The minimum absolute atomic E-state index is 0.162. The third-order valence-corrected chi connectivity index (χ3v) is 2.37. The fraction of sp³-hybridized carbons (Fsp3) is 0.333. The molecule has 0 fully saturated rings. The highest BCUT2D eigenvalue weighted by molar-refractivity contribution is 5.73. The molecule has 1 aromatic rings. The third kappa shape index (κ3) is 4.50. The molecule has 0 aromatic heterocycles. The first-order valence-electron chi connectivity index (χ1n) is 5.48. The molecule has 0 aliphatic heterocycles. The van der Waals surface area contributed by atoms with Gasteiger partial charge in [0.05, 0.1) is 17.2 Å². The number of anilines is 1. The Morgan fingerprint density at radius 1 is 1.42 bits per heavy atom. The van der Waals surface area contributed by atoms with Crippen LogP contribution in [-0.4, -0.2) is 12.5 Å². The molecule has 0 heterocycles. The number of carbonyl (C=O) groups excluding carboxylic acids is 1. The van der Waals surface area contributed by atoms with Crippen molar-refractivity contribution in [2.75, 3.05) is 11.9 Å². The van der Waals surface area contributed by atoms with Crippen LogP contribution in [0.1, 0.15) is 24.0 Å². The number of nitrogens with one attached hydrogen (secondary N) is 1. The Kier molecular flexibility index (Phi) is 4.75. The van der Waals surface area contributed by atoms with E-state index in [4.69, 9.17) is 11.0 Å². The molecular weight excluding hydrogens is 259 g/mol. The third-order valence-electron chi connectivity index (χ3n) is 2.37. The van der Waals surface area contributed by atoms with Gasteiger partial charge < -0.3 is 11.1 Å². The van der Waals surface area contributed by atoms with Gasteiger partial charge >= 0.3 is 6.18 Å². The van der Waals surface area contributed by atoms with Gasteiger partial charge in [0.15, 0.2) is 0 Å². The second kappa shape index (κ2) is 6.09. The summed E-state index contributed by atoms with van der Waals surface area (Å²) >= 11 is 0. The number of primary amides is 1. The number of nitriles is 1. The lowest BCUT2D eigenvalue weighted by atomic mass is 10.1. The summed E-state index contributed by atoms with van der Waals surface area (Å²) in [5.41, 5.74) is 3.79. The molecule has 0 aliphatic rings. The molecule has 0 saturated heterocycles. The number of nitrogens with zero attached hydrogens (tertiary/aromatic N) is 1. The normalized spacial score (nSPS) is 10.8. The Morgan fingerprint density at radius 3 is 2.63 bits per heavy atom. The summed E-state index contributed by atoms with van der Waals surface area (Å²) in [6, 6.07) is 4.88. The SMILES string of the molecule is N#Cc1ccc(NCCCC(N)=O)cc1C(F)(F)F. The van der Waals surface area contributed by atoms with Gasteiger partial charge in [0.25, 0.3) is 0 Å². The van der Waals surface area contributed by atoms with Gasteiger partial charge in [-0.1, -0.05) is 0 Å². The molecule has 0 atom stereocenters. The molecule has 0 bridgehead atoms. The van der Waals surface area contributed by atoms with Crippen LogP contribution in [0.5, 0.6) is 0 Å². The highest BCUT2D eigenvalue weighted by Gasteiger charge is 2.33. The summed E-state index contributed by atoms with van der Waals surface area (Å²) in [4.78, 5) is 10.5. The predicted octanol–water partition coefficient (Wildman–Crippen LogP) is 2.25. The number of alkyl halides is 3.